The highest BCUT2D eigenvalue weighted by atomic mass is 31.2. The zero-order chi connectivity index (χ0) is 31.0. The molecule has 1 aliphatic rings. The van der Waals surface area contributed by atoms with Gasteiger partial charge in [-0.1, -0.05) is 119 Å². The smallest absolute Gasteiger partial charge is 0.394 e. The predicted octanol–water partition coefficient (Wildman–Crippen LogP) is 6.19. The second-order valence-electron chi connectivity index (χ2n) is 13.4. The summed E-state index contributed by atoms with van der Waals surface area (Å²) in [6.45, 7) is 13.2. The molecule has 246 valence electrons. The van der Waals surface area contributed by atoms with E-state index in [4.69, 9.17) is 13.8 Å². The van der Waals surface area contributed by atoms with Crippen LogP contribution in [0, 0.1) is 29.6 Å². The van der Waals surface area contributed by atoms with Gasteiger partial charge >= 0.3 is 7.82 Å². The molecular weight excluding hydrogens is 547 g/mol. The van der Waals surface area contributed by atoms with E-state index in [1.807, 2.05) is 0 Å². The molecule has 0 spiro atoms. The van der Waals surface area contributed by atoms with E-state index in [0.29, 0.717) is 18.3 Å². The van der Waals surface area contributed by atoms with E-state index in [1.165, 1.54) is 64.2 Å². The molecule has 0 saturated carbocycles. The van der Waals surface area contributed by atoms with Crippen LogP contribution in [-0.2, 0) is 18.3 Å². The molecule has 10 heteroatoms. The molecule has 0 aromatic carbocycles. The molecule has 10 atom stereocenters. The summed E-state index contributed by atoms with van der Waals surface area (Å²) in [5, 5.41) is 38.8. The summed E-state index contributed by atoms with van der Waals surface area (Å²) >= 11 is 0. The highest BCUT2D eigenvalue weighted by Crippen LogP contribution is 2.46. The van der Waals surface area contributed by atoms with Crippen molar-refractivity contribution in [1.29, 1.82) is 0 Å². The molecule has 41 heavy (non-hydrogen) atoms. The molecule has 1 rings (SSSR count). The van der Waals surface area contributed by atoms with Crippen molar-refractivity contribution in [2.24, 2.45) is 29.6 Å². The summed E-state index contributed by atoms with van der Waals surface area (Å²) < 4.78 is 27.3. The standard InChI is InChI=1S/C31H63O9P/c1-22(2)11-7-12-23(3)13-8-14-24(4)15-9-16-25(5)17-10-18-26(6)19-20-38-41(36,37)40-31-30(35)29(34)28(33)27(21-32)39-31/h22-35H,7-21H2,1-6H3,(H,36,37)/t23-,24-,25+,26+,27+,28+,29-,30-,31-/m0/s1. The van der Waals surface area contributed by atoms with Gasteiger partial charge in [0.15, 0.2) is 6.29 Å². The second kappa shape index (κ2) is 20.8. The number of aliphatic hydroxyl groups is 4. The Morgan fingerprint density at radius 3 is 1.49 bits per heavy atom. The Morgan fingerprint density at radius 1 is 0.659 bits per heavy atom. The lowest BCUT2D eigenvalue weighted by atomic mass is 9.90. The lowest BCUT2D eigenvalue weighted by molar-refractivity contribution is -0.281. The van der Waals surface area contributed by atoms with Crippen LogP contribution in [0.5, 0.6) is 0 Å². The summed E-state index contributed by atoms with van der Waals surface area (Å²) in [5.41, 5.74) is 0. The van der Waals surface area contributed by atoms with Crippen LogP contribution < -0.4 is 0 Å². The fourth-order valence-electron chi connectivity index (χ4n) is 5.58. The highest BCUT2D eigenvalue weighted by Gasteiger charge is 2.46. The van der Waals surface area contributed by atoms with Crippen molar-refractivity contribution in [2.45, 2.75) is 156 Å². The minimum absolute atomic E-state index is 0.00344. The van der Waals surface area contributed by atoms with E-state index >= 15 is 0 Å². The average molecular weight is 611 g/mol. The molecular formula is C31H63O9P. The summed E-state index contributed by atoms with van der Waals surface area (Å²) in [4.78, 5) is 10.0. The molecule has 5 N–H and O–H groups in total. The van der Waals surface area contributed by atoms with Crippen molar-refractivity contribution >= 4 is 7.82 Å². The number of hydrogen-bond donors (Lipinski definition) is 5. The Labute approximate surface area is 250 Å². The first kappa shape index (κ1) is 38.9. The lowest BCUT2D eigenvalue weighted by Crippen LogP contribution is -2.58. The van der Waals surface area contributed by atoms with Crippen molar-refractivity contribution in [1.82, 2.24) is 0 Å². The molecule has 0 aromatic rings. The lowest BCUT2D eigenvalue weighted by Gasteiger charge is -2.39. The third kappa shape index (κ3) is 17.1. The van der Waals surface area contributed by atoms with Crippen LogP contribution >= 0.6 is 7.82 Å². The van der Waals surface area contributed by atoms with Crippen molar-refractivity contribution in [3.05, 3.63) is 0 Å². The van der Waals surface area contributed by atoms with Gasteiger partial charge in [-0.2, -0.15) is 0 Å². The van der Waals surface area contributed by atoms with Gasteiger partial charge in [0.2, 0.25) is 0 Å². The monoisotopic (exact) mass is 610 g/mol. The molecule has 1 saturated heterocycles. The maximum absolute atomic E-state index is 12.3. The van der Waals surface area contributed by atoms with Gasteiger partial charge in [-0.25, -0.2) is 4.57 Å². The van der Waals surface area contributed by atoms with E-state index in [0.717, 1.165) is 30.6 Å². The van der Waals surface area contributed by atoms with E-state index in [1.54, 1.807) is 0 Å². The molecule has 0 bridgehead atoms. The van der Waals surface area contributed by atoms with Crippen LogP contribution in [0.15, 0.2) is 0 Å². The van der Waals surface area contributed by atoms with Crippen molar-refractivity contribution < 1.29 is 43.7 Å². The summed E-state index contributed by atoms with van der Waals surface area (Å²) in [7, 11) is -4.58. The quantitative estimate of drug-likeness (QED) is 0.0855. The predicted molar refractivity (Wildman–Crippen MR) is 162 cm³/mol. The molecule has 0 amide bonds. The zero-order valence-corrected chi connectivity index (χ0v) is 27.6. The van der Waals surface area contributed by atoms with Crippen LogP contribution in [0.3, 0.4) is 0 Å². The Balaban J connectivity index is 2.13. The van der Waals surface area contributed by atoms with Crippen LogP contribution in [-0.4, -0.2) is 69.2 Å². The number of aliphatic hydroxyl groups excluding tert-OH is 4. The molecule has 1 unspecified atom stereocenters. The fraction of sp³-hybridized carbons (Fsp3) is 1.00. The first-order valence-electron chi connectivity index (χ1n) is 16.2. The van der Waals surface area contributed by atoms with Gasteiger partial charge in [0.1, 0.15) is 24.4 Å². The van der Waals surface area contributed by atoms with Crippen LogP contribution in [0.1, 0.15) is 125 Å². The van der Waals surface area contributed by atoms with Gasteiger partial charge < -0.3 is 30.1 Å². The maximum atomic E-state index is 12.3. The van der Waals surface area contributed by atoms with Crippen LogP contribution in [0.4, 0.5) is 0 Å². The fourth-order valence-corrected chi connectivity index (χ4v) is 6.42. The molecule has 9 nitrogen and oxygen atoms in total. The Kier molecular flexibility index (Phi) is 19.7. The van der Waals surface area contributed by atoms with Crippen molar-refractivity contribution in [3.63, 3.8) is 0 Å². The van der Waals surface area contributed by atoms with Gasteiger partial charge in [-0.05, 0) is 36.0 Å². The summed E-state index contributed by atoms with van der Waals surface area (Å²) in [6, 6.07) is 0. The first-order chi connectivity index (χ1) is 19.3. The molecule has 1 fully saturated rings. The Morgan fingerprint density at radius 2 is 1.07 bits per heavy atom. The molecule has 1 heterocycles. The van der Waals surface area contributed by atoms with Crippen molar-refractivity contribution in [2.75, 3.05) is 13.2 Å². The van der Waals surface area contributed by atoms with Gasteiger partial charge in [0.05, 0.1) is 13.2 Å². The summed E-state index contributed by atoms with van der Waals surface area (Å²) in [5.74, 6) is 3.48. The highest BCUT2D eigenvalue weighted by molar-refractivity contribution is 7.47. The largest absolute Gasteiger partial charge is 0.474 e. The minimum Gasteiger partial charge on any atom is -0.394 e. The topological polar surface area (TPSA) is 146 Å². The van der Waals surface area contributed by atoms with Gasteiger partial charge in [0.25, 0.3) is 0 Å². The number of ether oxygens (including phenoxy) is 1. The van der Waals surface area contributed by atoms with Crippen LogP contribution in [0.25, 0.3) is 0 Å². The van der Waals surface area contributed by atoms with Gasteiger partial charge in [-0.15, -0.1) is 0 Å². The second-order valence-corrected chi connectivity index (χ2v) is 14.8. The average Bonchev–Trinajstić information content (AvgIpc) is 2.88. The van der Waals surface area contributed by atoms with E-state index < -0.39 is 45.1 Å². The number of rotatable bonds is 23. The molecule has 1 aliphatic heterocycles. The molecule has 0 aromatic heterocycles. The Bertz CT molecular complexity index is 707. The Hall–Kier alpha value is -0.0900. The van der Waals surface area contributed by atoms with Crippen LogP contribution in [0.2, 0.25) is 0 Å². The normalized spacial score (nSPS) is 27.9. The molecule has 0 aliphatic carbocycles. The SMILES string of the molecule is CC(C)CCC[C@H](C)CCC[C@H](C)CCC[C@@H](C)CCC[C@@H](C)CCOP(=O)(O)O[C@@H]1O[C@H](CO)[C@@H](O)[C@H](O)[C@@H]1O. The maximum Gasteiger partial charge on any atom is 0.474 e. The first-order valence-corrected chi connectivity index (χ1v) is 17.7. The van der Waals surface area contributed by atoms with Gasteiger partial charge in [0, 0.05) is 0 Å². The zero-order valence-electron chi connectivity index (χ0n) is 26.7. The van der Waals surface area contributed by atoms with Gasteiger partial charge in [-0.3, -0.25) is 9.05 Å². The minimum atomic E-state index is -4.58. The van der Waals surface area contributed by atoms with E-state index in [-0.39, 0.29) is 6.61 Å². The molecule has 0 radical (unpaired) electrons. The third-order valence-corrected chi connectivity index (χ3v) is 9.59. The van der Waals surface area contributed by atoms with Crippen molar-refractivity contribution in [3.8, 4) is 0 Å². The number of phosphoric acid groups is 1. The number of phosphoric ester groups is 1. The van der Waals surface area contributed by atoms with E-state index in [2.05, 4.69) is 41.5 Å². The van der Waals surface area contributed by atoms with E-state index in [9.17, 15) is 29.9 Å². The summed E-state index contributed by atoms with van der Waals surface area (Å²) in [6.07, 6.45) is 7.89. The number of hydrogen-bond acceptors (Lipinski definition) is 8. The third-order valence-electron chi connectivity index (χ3n) is 8.61.